The van der Waals surface area contributed by atoms with Crippen LogP contribution in [0.4, 0.5) is 13.2 Å². The van der Waals surface area contributed by atoms with E-state index in [1.807, 2.05) is 0 Å². The number of hydrogen-bond donors (Lipinski definition) is 0. The normalized spacial score (nSPS) is 14.8. The Balaban J connectivity index is 1.86. The average molecular weight is 348 g/mol. The Bertz CT molecular complexity index is 801. The minimum absolute atomic E-state index is 0.0796. The van der Waals surface area contributed by atoms with E-state index in [9.17, 15) is 22.8 Å². The summed E-state index contributed by atoms with van der Waals surface area (Å²) in [5.41, 5.74) is 0.274. The fourth-order valence-electron chi connectivity index (χ4n) is 2.79. The highest BCUT2D eigenvalue weighted by atomic mass is 19.4. The zero-order valence-corrected chi connectivity index (χ0v) is 13.2. The minimum Gasteiger partial charge on any atom is -0.338 e. The Labute approximate surface area is 142 Å². The number of benzene rings is 1. The van der Waals surface area contributed by atoms with Crippen LogP contribution in [0.15, 0.2) is 36.4 Å². The third-order valence-electron chi connectivity index (χ3n) is 4.07. The van der Waals surface area contributed by atoms with E-state index in [2.05, 4.69) is 4.98 Å². The second-order valence-corrected chi connectivity index (χ2v) is 5.90. The molecule has 0 unspecified atom stereocenters. The first-order chi connectivity index (χ1) is 11.9. The Hall–Kier alpha value is -2.70. The molecule has 4 nitrogen and oxygen atoms in total. The number of hydrogen-bond acceptors (Lipinski definition) is 3. The van der Waals surface area contributed by atoms with Crippen molar-refractivity contribution in [2.24, 2.45) is 0 Å². The van der Waals surface area contributed by atoms with Crippen molar-refractivity contribution in [2.45, 2.75) is 25.6 Å². The highest BCUT2D eigenvalue weighted by Gasteiger charge is 2.33. The Morgan fingerprint density at radius 1 is 1.16 bits per heavy atom. The zero-order valence-electron chi connectivity index (χ0n) is 13.2. The molecule has 130 valence electrons. The second kappa shape index (κ2) is 6.66. The van der Waals surface area contributed by atoms with Crippen LogP contribution in [0.3, 0.4) is 0 Å². The van der Waals surface area contributed by atoms with E-state index in [-0.39, 0.29) is 17.2 Å². The second-order valence-electron chi connectivity index (χ2n) is 5.90. The van der Waals surface area contributed by atoms with Gasteiger partial charge in [-0.25, -0.2) is 4.98 Å². The molecule has 7 heteroatoms. The smallest absolute Gasteiger partial charge is 0.338 e. The Morgan fingerprint density at radius 3 is 2.44 bits per heavy atom. The molecule has 25 heavy (non-hydrogen) atoms. The average Bonchev–Trinajstić information content (AvgIpc) is 2.99. The van der Waals surface area contributed by atoms with Crippen molar-refractivity contribution in [3.8, 4) is 11.3 Å². The topological polar surface area (TPSA) is 50.3 Å². The lowest BCUT2D eigenvalue weighted by Gasteiger charge is -2.15. The fraction of sp³-hybridized carbons (Fsp3) is 0.278. The summed E-state index contributed by atoms with van der Waals surface area (Å²) < 4.78 is 38.7. The van der Waals surface area contributed by atoms with E-state index in [0.717, 1.165) is 24.6 Å². The molecule has 1 aliphatic rings. The highest BCUT2D eigenvalue weighted by molar-refractivity contribution is 5.79. The SMILES string of the molecule is O=Cc1cc(-c2ccc(CN3CCCC3=O)cc2)nc(C(F)(F)F)c1. The van der Waals surface area contributed by atoms with Gasteiger partial charge in [-0.05, 0) is 24.1 Å². The predicted octanol–water partition coefficient (Wildman–Crippen LogP) is 3.70. The molecule has 0 radical (unpaired) electrons. The van der Waals surface area contributed by atoms with Gasteiger partial charge in [0, 0.05) is 30.6 Å². The van der Waals surface area contributed by atoms with Gasteiger partial charge in [0.1, 0.15) is 12.0 Å². The molecule has 0 bridgehead atoms. The van der Waals surface area contributed by atoms with Crippen molar-refractivity contribution in [3.63, 3.8) is 0 Å². The number of halogens is 3. The van der Waals surface area contributed by atoms with Gasteiger partial charge in [-0.2, -0.15) is 13.2 Å². The molecule has 2 aromatic rings. The number of aromatic nitrogens is 1. The highest BCUT2D eigenvalue weighted by Crippen LogP contribution is 2.30. The summed E-state index contributed by atoms with van der Waals surface area (Å²) in [4.78, 5) is 27.9. The summed E-state index contributed by atoms with van der Waals surface area (Å²) in [7, 11) is 0. The van der Waals surface area contributed by atoms with Crippen molar-refractivity contribution in [1.29, 1.82) is 0 Å². The summed E-state index contributed by atoms with van der Waals surface area (Å²) in [6.07, 6.45) is -2.85. The molecule has 0 saturated carbocycles. The quantitative estimate of drug-likeness (QED) is 0.792. The molecule has 0 aliphatic carbocycles. The number of rotatable bonds is 4. The van der Waals surface area contributed by atoms with E-state index in [4.69, 9.17) is 0 Å². The third-order valence-corrected chi connectivity index (χ3v) is 4.07. The summed E-state index contributed by atoms with van der Waals surface area (Å²) in [6.45, 7) is 1.20. The maximum atomic E-state index is 12.9. The molecule has 0 atom stereocenters. The van der Waals surface area contributed by atoms with Crippen molar-refractivity contribution in [3.05, 3.63) is 53.2 Å². The van der Waals surface area contributed by atoms with Crippen LogP contribution in [0.5, 0.6) is 0 Å². The van der Waals surface area contributed by atoms with Crippen molar-refractivity contribution >= 4 is 12.2 Å². The first-order valence-corrected chi connectivity index (χ1v) is 7.78. The zero-order chi connectivity index (χ0) is 18.0. The molecule has 0 N–H and O–H groups in total. The number of alkyl halides is 3. The van der Waals surface area contributed by atoms with Crippen molar-refractivity contribution in [2.75, 3.05) is 6.54 Å². The maximum Gasteiger partial charge on any atom is 0.433 e. The van der Waals surface area contributed by atoms with Gasteiger partial charge in [0.15, 0.2) is 0 Å². The Kier molecular flexibility index (Phi) is 4.57. The molecule has 1 amide bonds. The number of carbonyl (C=O) groups excluding carboxylic acids is 2. The first kappa shape index (κ1) is 17.1. The maximum absolute atomic E-state index is 12.9. The van der Waals surface area contributed by atoms with Crippen LogP contribution in [0.2, 0.25) is 0 Å². The van der Waals surface area contributed by atoms with Crippen LogP contribution in [0.25, 0.3) is 11.3 Å². The number of pyridine rings is 1. The minimum atomic E-state index is -4.62. The van der Waals surface area contributed by atoms with Crippen molar-refractivity contribution in [1.82, 2.24) is 9.88 Å². The molecular formula is C18H15F3N2O2. The summed E-state index contributed by atoms with van der Waals surface area (Å²) in [5.74, 6) is 0.110. The number of likely N-dealkylation sites (tertiary alicyclic amines) is 1. The van der Waals surface area contributed by atoms with E-state index in [1.165, 1.54) is 6.07 Å². The fourth-order valence-corrected chi connectivity index (χ4v) is 2.79. The largest absolute Gasteiger partial charge is 0.433 e. The van der Waals surface area contributed by atoms with Gasteiger partial charge < -0.3 is 4.90 Å². The van der Waals surface area contributed by atoms with Gasteiger partial charge in [0.05, 0.1) is 5.69 Å². The monoisotopic (exact) mass is 348 g/mol. The summed E-state index contributed by atoms with van der Waals surface area (Å²) >= 11 is 0. The molecule has 1 fully saturated rings. The van der Waals surface area contributed by atoms with Crippen LogP contribution < -0.4 is 0 Å². The van der Waals surface area contributed by atoms with E-state index in [1.54, 1.807) is 29.2 Å². The molecule has 2 heterocycles. The Morgan fingerprint density at radius 2 is 1.88 bits per heavy atom. The standard InChI is InChI=1S/C18H15F3N2O2/c19-18(20,21)16-9-13(11-24)8-15(22-16)14-5-3-12(4-6-14)10-23-7-1-2-17(23)25/h3-6,8-9,11H,1-2,7,10H2. The van der Waals surface area contributed by atoms with Crippen LogP contribution in [-0.2, 0) is 17.5 Å². The number of aldehydes is 1. The van der Waals surface area contributed by atoms with Gasteiger partial charge in [0.2, 0.25) is 5.91 Å². The number of carbonyl (C=O) groups is 2. The lowest BCUT2D eigenvalue weighted by atomic mass is 10.1. The lowest BCUT2D eigenvalue weighted by Crippen LogP contribution is -2.23. The molecule has 1 aliphatic heterocycles. The molecule has 0 spiro atoms. The number of nitrogens with zero attached hydrogens (tertiary/aromatic N) is 2. The predicted molar refractivity (Wildman–Crippen MR) is 84.7 cm³/mol. The van der Waals surface area contributed by atoms with Crippen LogP contribution in [-0.4, -0.2) is 28.6 Å². The lowest BCUT2D eigenvalue weighted by molar-refractivity contribution is -0.141. The first-order valence-electron chi connectivity index (χ1n) is 7.78. The van der Waals surface area contributed by atoms with E-state index in [0.29, 0.717) is 24.8 Å². The number of amides is 1. The summed E-state index contributed by atoms with van der Waals surface area (Å²) in [5, 5.41) is 0. The molecule has 1 saturated heterocycles. The molecule has 3 rings (SSSR count). The van der Waals surface area contributed by atoms with E-state index >= 15 is 0 Å². The van der Waals surface area contributed by atoms with Gasteiger partial charge in [-0.3, -0.25) is 9.59 Å². The van der Waals surface area contributed by atoms with Crippen LogP contribution in [0.1, 0.15) is 34.5 Å². The van der Waals surface area contributed by atoms with Gasteiger partial charge in [-0.1, -0.05) is 24.3 Å². The van der Waals surface area contributed by atoms with Crippen LogP contribution in [0, 0.1) is 0 Å². The van der Waals surface area contributed by atoms with Gasteiger partial charge in [0.25, 0.3) is 0 Å². The third kappa shape index (κ3) is 3.87. The van der Waals surface area contributed by atoms with Crippen LogP contribution >= 0.6 is 0 Å². The molecule has 1 aromatic heterocycles. The molecule has 1 aromatic carbocycles. The van der Waals surface area contributed by atoms with Gasteiger partial charge >= 0.3 is 6.18 Å². The van der Waals surface area contributed by atoms with Gasteiger partial charge in [-0.15, -0.1) is 0 Å². The van der Waals surface area contributed by atoms with Crippen molar-refractivity contribution < 1.29 is 22.8 Å². The van der Waals surface area contributed by atoms with E-state index < -0.39 is 11.9 Å². The summed E-state index contributed by atoms with van der Waals surface area (Å²) in [6, 6.07) is 8.85. The molecular weight excluding hydrogens is 333 g/mol.